The Hall–Kier alpha value is -1.14. The Bertz CT molecular complexity index is 525. The summed E-state index contributed by atoms with van der Waals surface area (Å²) in [6.45, 7) is 0. The third kappa shape index (κ3) is 1.36. The first-order valence-corrected chi connectivity index (χ1v) is 4.74. The van der Waals surface area contributed by atoms with E-state index in [0.29, 0.717) is 15.3 Å². The lowest BCUT2D eigenvalue weighted by atomic mass is 10.4. The fourth-order valence-corrected chi connectivity index (χ4v) is 1.76. The minimum absolute atomic E-state index is 0.187. The smallest absolute Gasteiger partial charge is 0.358 e. The maximum atomic E-state index is 10.6. The van der Waals surface area contributed by atoms with Gasteiger partial charge in [-0.25, -0.2) is 0 Å². The minimum Gasteiger partial charge on any atom is -0.358 e. The number of hydrogen-bond acceptors (Lipinski definition) is 3. The molecule has 2 heterocycles. The molecule has 0 bridgehead atoms. The van der Waals surface area contributed by atoms with E-state index in [1.165, 1.54) is 4.40 Å². The molecule has 0 aliphatic heterocycles. The van der Waals surface area contributed by atoms with Gasteiger partial charge >= 0.3 is 5.82 Å². The Kier molecular flexibility index (Phi) is 2.16. The van der Waals surface area contributed by atoms with Gasteiger partial charge < -0.3 is 10.1 Å². The van der Waals surface area contributed by atoms with E-state index in [2.05, 4.69) is 20.9 Å². The molecule has 0 spiro atoms. The first-order chi connectivity index (χ1) is 6.59. The molecule has 0 N–H and O–H groups in total. The fraction of sp³-hybridized carbons (Fsp3) is 0. The summed E-state index contributed by atoms with van der Waals surface area (Å²) in [5.74, 6) is -0.187. The van der Waals surface area contributed by atoms with Crippen molar-refractivity contribution in [2.24, 2.45) is 0 Å². The molecule has 7 heteroatoms. The predicted molar refractivity (Wildman–Crippen MR) is 54.6 cm³/mol. The molecule has 2 aromatic rings. The molecule has 14 heavy (non-hydrogen) atoms. The summed E-state index contributed by atoms with van der Waals surface area (Å²) in [6.07, 6.45) is 1.56. The number of imidazole rings is 1. The van der Waals surface area contributed by atoms with Crippen LogP contribution >= 0.6 is 27.5 Å². The normalized spacial score (nSPS) is 10.7. The van der Waals surface area contributed by atoms with Crippen molar-refractivity contribution in [3.8, 4) is 0 Å². The Balaban J connectivity index is 2.84. The highest BCUT2D eigenvalue weighted by Gasteiger charge is 2.19. The van der Waals surface area contributed by atoms with Crippen LogP contribution in [0.15, 0.2) is 23.1 Å². The van der Waals surface area contributed by atoms with Gasteiger partial charge in [0.2, 0.25) is 0 Å². The van der Waals surface area contributed by atoms with Gasteiger partial charge in [0.15, 0.2) is 0 Å². The maximum absolute atomic E-state index is 10.6. The van der Waals surface area contributed by atoms with Gasteiger partial charge in [0.05, 0.1) is 5.02 Å². The molecular formula is C7H3BrClN3O2. The summed E-state index contributed by atoms with van der Waals surface area (Å²) in [5, 5.41) is 11.1. The SMILES string of the molecule is O=[N+]([O-])c1nc(Br)n2cc(Cl)ccc12. The molecular weight excluding hydrogens is 273 g/mol. The molecule has 0 fully saturated rings. The Morgan fingerprint density at radius 2 is 2.29 bits per heavy atom. The first kappa shape index (κ1) is 9.42. The summed E-state index contributed by atoms with van der Waals surface area (Å²) in [7, 11) is 0. The van der Waals surface area contributed by atoms with Crippen molar-refractivity contribution in [1.82, 2.24) is 9.38 Å². The molecule has 72 valence electrons. The van der Waals surface area contributed by atoms with Crippen molar-refractivity contribution in [3.05, 3.63) is 38.2 Å². The molecule has 0 aromatic carbocycles. The zero-order valence-electron chi connectivity index (χ0n) is 6.65. The van der Waals surface area contributed by atoms with Gasteiger partial charge in [-0.15, -0.1) is 0 Å². The van der Waals surface area contributed by atoms with Crippen molar-refractivity contribution < 1.29 is 4.92 Å². The second-order valence-corrected chi connectivity index (χ2v) is 3.71. The number of nitro groups is 1. The van der Waals surface area contributed by atoms with E-state index in [-0.39, 0.29) is 5.82 Å². The van der Waals surface area contributed by atoms with E-state index in [0.717, 1.165) is 0 Å². The van der Waals surface area contributed by atoms with Crippen LogP contribution in [0.25, 0.3) is 5.52 Å². The summed E-state index contributed by atoms with van der Waals surface area (Å²) >= 11 is 8.85. The average Bonchev–Trinajstić information content (AvgIpc) is 2.44. The topological polar surface area (TPSA) is 60.4 Å². The highest BCUT2D eigenvalue weighted by atomic mass is 79.9. The van der Waals surface area contributed by atoms with E-state index < -0.39 is 4.92 Å². The van der Waals surface area contributed by atoms with E-state index in [9.17, 15) is 10.1 Å². The largest absolute Gasteiger partial charge is 0.390 e. The average molecular weight is 276 g/mol. The number of halogens is 2. The van der Waals surface area contributed by atoms with Crippen LogP contribution in [0.5, 0.6) is 0 Å². The van der Waals surface area contributed by atoms with Gasteiger partial charge in [-0.05, 0) is 22.0 Å². The first-order valence-electron chi connectivity index (χ1n) is 3.57. The standard InChI is InChI=1S/C7H3BrClN3O2/c8-7-10-6(12(13)14)5-2-1-4(9)3-11(5)7/h1-3H. The van der Waals surface area contributed by atoms with Crippen LogP contribution in [-0.2, 0) is 0 Å². The zero-order valence-corrected chi connectivity index (χ0v) is 8.99. The van der Waals surface area contributed by atoms with Crippen LogP contribution in [0.2, 0.25) is 5.02 Å². The van der Waals surface area contributed by atoms with E-state index in [1.54, 1.807) is 18.3 Å². The lowest BCUT2D eigenvalue weighted by Crippen LogP contribution is -1.88. The van der Waals surface area contributed by atoms with Crippen molar-refractivity contribution in [2.45, 2.75) is 0 Å². The minimum atomic E-state index is -0.534. The van der Waals surface area contributed by atoms with Crippen molar-refractivity contribution in [3.63, 3.8) is 0 Å². The third-order valence-corrected chi connectivity index (χ3v) is 2.49. The molecule has 0 amide bonds. The zero-order chi connectivity index (χ0) is 10.3. The molecule has 0 saturated carbocycles. The summed E-state index contributed by atoms with van der Waals surface area (Å²) in [6, 6.07) is 3.14. The van der Waals surface area contributed by atoms with Gasteiger partial charge in [0.25, 0.3) is 4.73 Å². The third-order valence-electron chi connectivity index (χ3n) is 1.71. The van der Waals surface area contributed by atoms with Crippen molar-refractivity contribution >= 4 is 38.9 Å². The lowest BCUT2D eigenvalue weighted by Gasteiger charge is -1.93. The number of pyridine rings is 1. The van der Waals surface area contributed by atoms with Crippen LogP contribution in [0.4, 0.5) is 5.82 Å². The molecule has 5 nitrogen and oxygen atoms in total. The Labute approximate surface area is 91.6 Å². The highest BCUT2D eigenvalue weighted by molar-refractivity contribution is 9.10. The highest BCUT2D eigenvalue weighted by Crippen LogP contribution is 2.25. The van der Waals surface area contributed by atoms with E-state index in [4.69, 9.17) is 11.6 Å². The van der Waals surface area contributed by atoms with E-state index in [1.807, 2.05) is 0 Å². The summed E-state index contributed by atoms with van der Waals surface area (Å²) in [5.41, 5.74) is 0.409. The lowest BCUT2D eigenvalue weighted by molar-refractivity contribution is -0.387. The Morgan fingerprint density at radius 3 is 2.93 bits per heavy atom. The van der Waals surface area contributed by atoms with Crippen LogP contribution < -0.4 is 0 Å². The van der Waals surface area contributed by atoms with E-state index >= 15 is 0 Å². The monoisotopic (exact) mass is 275 g/mol. The molecule has 0 atom stereocenters. The predicted octanol–water partition coefficient (Wildman–Crippen LogP) is 2.66. The van der Waals surface area contributed by atoms with Crippen LogP contribution in [0, 0.1) is 10.1 Å². The quantitative estimate of drug-likeness (QED) is 0.594. The molecule has 0 aliphatic carbocycles. The second-order valence-electron chi connectivity index (χ2n) is 2.56. The second kappa shape index (κ2) is 3.21. The maximum Gasteiger partial charge on any atom is 0.390 e. The van der Waals surface area contributed by atoms with Gasteiger partial charge in [0, 0.05) is 22.1 Å². The van der Waals surface area contributed by atoms with Crippen LogP contribution in [0.1, 0.15) is 0 Å². The van der Waals surface area contributed by atoms with Gasteiger partial charge in [-0.2, -0.15) is 0 Å². The molecule has 2 aromatic heterocycles. The fourth-order valence-electron chi connectivity index (χ4n) is 1.14. The molecule has 0 saturated heterocycles. The van der Waals surface area contributed by atoms with Gasteiger partial charge in [-0.3, -0.25) is 4.40 Å². The number of nitrogens with zero attached hydrogens (tertiary/aromatic N) is 3. The number of aromatic nitrogens is 2. The van der Waals surface area contributed by atoms with Crippen molar-refractivity contribution in [2.75, 3.05) is 0 Å². The number of hydrogen-bond donors (Lipinski definition) is 0. The van der Waals surface area contributed by atoms with Gasteiger partial charge in [-0.1, -0.05) is 11.6 Å². The number of rotatable bonds is 1. The summed E-state index contributed by atoms with van der Waals surface area (Å²) in [4.78, 5) is 13.8. The van der Waals surface area contributed by atoms with Crippen molar-refractivity contribution in [1.29, 1.82) is 0 Å². The van der Waals surface area contributed by atoms with Crippen LogP contribution in [-0.4, -0.2) is 14.3 Å². The molecule has 0 radical (unpaired) electrons. The Morgan fingerprint density at radius 1 is 1.57 bits per heavy atom. The van der Waals surface area contributed by atoms with Gasteiger partial charge in [0.1, 0.15) is 5.52 Å². The summed E-state index contributed by atoms with van der Waals surface area (Å²) < 4.78 is 1.88. The molecule has 2 rings (SSSR count). The molecule has 0 unspecified atom stereocenters. The number of fused-ring (bicyclic) bond motifs is 1. The molecule has 0 aliphatic rings. The van der Waals surface area contributed by atoms with Crippen LogP contribution in [0.3, 0.4) is 0 Å².